The topological polar surface area (TPSA) is 37.8 Å². The van der Waals surface area contributed by atoms with Crippen LogP contribution in [0.1, 0.15) is 44.7 Å². The minimum atomic E-state index is 0.133. The summed E-state index contributed by atoms with van der Waals surface area (Å²) in [5, 5.41) is 6.66. The molecular formula is C14H21N3S2. The van der Waals surface area contributed by atoms with Crippen LogP contribution in [0.15, 0.2) is 10.9 Å². The fraction of sp³-hybridized carbons (Fsp3) is 0.571. The van der Waals surface area contributed by atoms with Gasteiger partial charge in [-0.3, -0.25) is 0 Å². The Morgan fingerprint density at radius 1 is 1.32 bits per heavy atom. The number of nitrogens with one attached hydrogen (secondary N) is 1. The van der Waals surface area contributed by atoms with Gasteiger partial charge in [-0.05, 0) is 27.2 Å². The predicted molar refractivity (Wildman–Crippen MR) is 83.8 cm³/mol. The molecule has 0 aliphatic heterocycles. The maximum Gasteiger partial charge on any atom is 0.143 e. The Balaban J connectivity index is 2.21. The Kier molecular flexibility index (Phi) is 4.71. The van der Waals surface area contributed by atoms with Gasteiger partial charge in [0.2, 0.25) is 0 Å². The monoisotopic (exact) mass is 295 g/mol. The highest BCUT2D eigenvalue weighted by atomic mass is 32.1. The summed E-state index contributed by atoms with van der Waals surface area (Å²) in [6.07, 6.45) is 2.17. The third-order valence-corrected chi connectivity index (χ3v) is 4.40. The molecule has 0 unspecified atom stereocenters. The van der Waals surface area contributed by atoms with Crippen LogP contribution in [0.5, 0.6) is 0 Å². The van der Waals surface area contributed by atoms with Crippen molar-refractivity contribution in [2.24, 2.45) is 0 Å². The van der Waals surface area contributed by atoms with Gasteiger partial charge in [-0.25, -0.2) is 9.97 Å². The molecular weight excluding hydrogens is 274 g/mol. The van der Waals surface area contributed by atoms with E-state index < -0.39 is 0 Å². The van der Waals surface area contributed by atoms with Gasteiger partial charge in [0.1, 0.15) is 10.7 Å². The molecule has 1 N–H and O–H groups in total. The molecule has 0 fully saturated rings. The zero-order valence-corrected chi connectivity index (χ0v) is 13.6. The van der Waals surface area contributed by atoms with Crippen molar-refractivity contribution in [2.45, 2.75) is 52.6 Å². The van der Waals surface area contributed by atoms with Crippen molar-refractivity contribution >= 4 is 22.7 Å². The Bertz CT molecular complexity index is 509. The molecule has 0 saturated heterocycles. The van der Waals surface area contributed by atoms with E-state index in [1.807, 2.05) is 5.51 Å². The molecule has 2 aromatic rings. The summed E-state index contributed by atoms with van der Waals surface area (Å²) < 4.78 is 0. The van der Waals surface area contributed by atoms with Gasteiger partial charge >= 0.3 is 0 Å². The second-order valence-corrected chi connectivity index (χ2v) is 7.42. The summed E-state index contributed by atoms with van der Waals surface area (Å²) in [4.78, 5) is 10.5. The van der Waals surface area contributed by atoms with Crippen molar-refractivity contribution in [1.82, 2.24) is 15.3 Å². The average molecular weight is 295 g/mol. The summed E-state index contributed by atoms with van der Waals surface area (Å²) in [6.45, 7) is 9.65. The molecule has 0 spiro atoms. The third kappa shape index (κ3) is 4.09. The summed E-state index contributed by atoms with van der Waals surface area (Å²) in [5.74, 6) is 0. The quantitative estimate of drug-likeness (QED) is 0.902. The normalized spacial score (nSPS) is 12.0. The largest absolute Gasteiger partial charge is 0.307 e. The second-order valence-electron chi connectivity index (χ2n) is 5.62. The highest BCUT2D eigenvalue weighted by molar-refractivity contribution is 7.15. The first-order valence-corrected chi connectivity index (χ1v) is 8.37. The van der Waals surface area contributed by atoms with E-state index in [0.717, 1.165) is 30.1 Å². The summed E-state index contributed by atoms with van der Waals surface area (Å²) >= 11 is 3.39. The fourth-order valence-corrected chi connectivity index (χ4v) is 3.35. The lowest BCUT2D eigenvalue weighted by Gasteiger charge is -2.20. The number of aromatic nitrogens is 2. The van der Waals surface area contributed by atoms with E-state index >= 15 is 0 Å². The van der Waals surface area contributed by atoms with Crippen LogP contribution in [-0.2, 0) is 13.0 Å². The first-order valence-electron chi connectivity index (χ1n) is 6.62. The van der Waals surface area contributed by atoms with Crippen LogP contribution < -0.4 is 5.32 Å². The highest BCUT2D eigenvalue weighted by Crippen LogP contribution is 2.29. The van der Waals surface area contributed by atoms with Crippen molar-refractivity contribution in [3.8, 4) is 10.7 Å². The van der Waals surface area contributed by atoms with Gasteiger partial charge in [-0.15, -0.1) is 22.7 Å². The zero-order valence-electron chi connectivity index (χ0n) is 12.0. The lowest BCUT2D eigenvalue weighted by atomic mass is 10.1. The Labute approximate surface area is 123 Å². The van der Waals surface area contributed by atoms with Gasteiger partial charge in [0.25, 0.3) is 0 Å². The maximum absolute atomic E-state index is 4.77. The van der Waals surface area contributed by atoms with E-state index in [-0.39, 0.29) is 5.54 Å². The summed E-state index contributed by atoms with van der Waals surface area (Å²) in [5.41, 5.74) is 4.24. The number of aryl methyl sites for hydroxylation is 1. The summed E-state index contributed by atoms with van der Waals surface area (Å²) in [7, 11) is 0. The molecule has 2 aromatic heterocycles. The van der Waals surface area contributed by atoms with Crippen LogP contribution in [0, 0.1) is 0 Å². The lowest BCUT2D eigenvalue weighted by Crippen LogP contribution is -2.35. The standard InChI is InChI=1S/C14H21N3S2/c1-5-6-10-12(7-16-14(2,3)4)19-13(17-10)11-8-18-9-15-11/h8-9,16H,5-7H2,1-4H3. The zero-order chi connectivity index (χ0) is 13.9. The smallest absolute Gasteiger partial charge is 0.143 e. The molecule has 104 valence electrons. The van der Waals surface area contributed by atoms with Crippen LogP contribution in [0.3, 0.4) is 0 Å². The van der Waals surface area contributed by atoms with Crippen molar-refractivity contribution < 1.29 is 0 Å². The van der Waals surface area contributed by atoms with Gasteiger partial charge < -0.3 is 5.32 Å². The van der Waals surface area contributed by atoms with Crippen molar-refractivity contribution in [1.29, 1.82) is 0 Å². The second kappa shape index (κ2) is 6.11. The first kappa shape index (κ1) is 14.6. The molecule has 0 amide bonds. The van der Waals surface area contributed by atoms with Gasteiger partial charge in [-0.1, -0.05) is 13.3 Å². The predicted octanol–water partition coefficient (Wildman–Crippen LogP) is 4.11. The number of hydrogen-bond donors (Lipinski definition) is 1. The van der Waals surface area contributed by atoms with E-state index in [1.54, 1.807) is 22.7 Å². The molecule has 0 saturated carbocycles. The van der Waals surface area contributed by atoms with Gasteiger partial charge in [0.05, 0.1) is 11.2 Å². The number of hydrogen-bond acceptors (Lipinski definition) is 5. The fourth-order valence-electron chi connectivity index (χ4n) is 1.73. The average Bonchev–Trinajstić information content (AvgIpc) is 2.94. The van der Waals surface area contributed by atoms with E-state index in [0.29, 0.717) is 0 Å². The first-order chi connectivity index (χ1) is 8.99. The molecule has 5 heteroatoms. The minimum absolute atomic E-state index is 0.133. The van der Waals surface area contributed by atoms with Crippen LogP contribution in [-0.4, -0.2) is 15.5 Å². The van der Waals surface area contributed by atoms with E-state index in [4.69, 9.17) is 4.98 Å². The van der Waals surface area contributed by atoms with Gasteiger partial charge in [0, 0.05) is 22.3 Å². The Morgan fingerprint density at radius 3 is 2.68 bits per heavy atom. The molecule has 0 bridgehead atoms. The Hall–Kier alpha value is -0.780. The van der Waals surface area contributed by atoms with Crippen molar-refractivity contribution in [2.75, 3.05) is 0 Å². The van der Waals surface area contributed by atoms with Crippen LogP contribution in [0.4, 0.5) is 0 Å². The molecule has 0 radical (unpaired) electrons. The Morgan fingerprint density at radius 2 is 2.11 bits per heavy atom. The lowest BCUT2D eigenvalue weighted by molar-refractivity contribution is 0.425. The molecule has 0 atom stereocenters. The number of rotatable bonds is 5. The molecule has 2 heterocycles. The van der Waals surface area contributed by atoms with E-state index in [2.05, 4.69) is 43.4 Å². The SMILES string of the molecule is CCCc1nc(-c2cscn2)sc1CNC(C)(C)C. The van der Waals surface area contributed by atoms with Crippen LogP contribution >= 0.6 is 22.7 Å². The van der Waals surface area contributed by atoms with Crippen molar-refractivity contribution in [3.63, 3.8) is 0 Å². The number of nitrogens with zero attached hydrogens (tertiary/aromatic N) is 2. The molecule has 0 aromatic carbocycles. The van der Waals surface area contributed by atoms with Gasteiger partial charge in [-0.2, -0.15) is 0 Å². The number of thiazole rings is 2. The van der Waals surface area contributed by atoms with E-state index in [1.165, 1.54) is 10.6 Å². The van der Waals surface area contributed by atoms with E-state index in [9.17, 15) is 0 Å². The summed E-state index contributed by atoms with van der Waals surface area (Å²) in [6, 6.07) is 0. The van der Waals surface area contributed by atoms with Crippen LogP contribution in [0.2, 0.25) is 0 Å². The maximum atomic E-state index is 4.77. The highest BCUT2D eigenvalue weighted by Gasteiger charge is 2.15. The third-order valence-electron chi connectivity index (χ3n) is 2.70. The molecule has 3 nitrogen and oxygen atoms in total. The molecule has 0 aliphatic carbocycles. The molecule has 19 heavy (non-hydrogen) atoms. The molecule has 2 rings (SSSR count). The minimum Gasteiger partial charge on any atom is -0.307 e. The van der Waals surface area contributed by atoms with Gasteiger partial charge in [0.15, 0.2) is 0 Å². The molecule has 0 aliphatic rings. The van der Waals surface area contributed by atoms with Crippen LogP contribution in [0.25, 0.3) is 10.7 Å². The van der Waals surface area contributed by atoms with Crippen molar-refractivity contribution in [3.05, 3.63) is 21.5 Å².